The highest BCUT2D eigenvalue weighted by Crippen LogP contribution is 2.25. The zero-order chi connectivity index (χ0) is 20.9. The molecule has 1 fully saturated rings. The second kappa shape index (κ2) is 9.51. The molecular weight excluding hydrogens is 394 g/mol. The van der Waals surface area contributed by atoms with E-state index in [4.69, 9.17) is 0 Å². The monoisotopic (exact) mass is 425 g/mol. The van der Waals surface area contributed by atoms with Gasteiger partial charge in [0.2, 0.25) is 5.91 Å². The molecule has 2 N–H and O–H groups in total. The van der Waals surface area contributed by atoms with Crippen molar-refractivity contribution in [1.29, 1.82) is 0 Å². The predicted molar refractivity (Wildman–Crippen MR) is 124 cm³/mol. The Hall–Kier alpha value is -2.54. The molecule has 30 heavy (non-hydrogen) atoms. The van der Waals surface area contributed by atoms with Gasteiger partial charge in [-0.15, -0.1) is 11.3 Å². The summed E-state index contributed by atoms with van der Waals surface area (Å²) in [6.07, 6.45) is 3.50. The minimum absolute atomic E-state index is 0.0946. The summed E-state index contributed by atoms with van der Waals surface area (Å²) in [6.45, 7) is 6.16. The molecule has 1 aromatic heterocycles. The molecule has 3 heterocycles. The Morgan fingerprint density at radius 1 is 1.23 bits per heavy atom. The summed E-state index contributed by atoms with van der Waals surface area (Å²) in [4.78, 5) is 22.8. The van der Waals surface area contributed by atoms with Crippen LogP contribution in [0.3, 0.4) is 0 Å². The third-order valence-electron chi connectivity index (χ3n) is 5.99. The molecule has 2 aliphatic heterocycles. The van der Waals surface area contributed by atoms with Crippen LogP contribution >= 0.6 is 11.3 Å². The maximum atomic E-state index is 12.7. The summed E-state index contributed by atoms with van der Waals surface area (Å²) in [5, 5.41) is 8.73. The Bertz CT molecular complexity index is 903. The number of fused-ring (bicyclic) bond motifs is 1. The number of nitrogens with zero attached hydrogens (tertiary/aromatic N) is 3. The van der Waals surface area contributed by atoms with Crippen molar-refractivity contribution in [3.8, 4) is 0 Å². The van der Waals surface area contributed by atoms with Gasteiger partial charge in [-0.3, -0.25) is 9.79 Å². The second-order valence-electron chi connectivity index (χ2n) is 8.02. The lowest BCUT2D eigenvalue weighted by molar-refractivity contribution is -0.130. The lowest BCUT2D eigenvalue weighted by Crippen LogP contribution is -2.46. The fraction of sp³-hybridized carbons (Fsp3) is 0.478. The number of hydrogen-bond donors (Lipinski definition) is 2. The van der Waals surface area contributed by atoms with Gasteiger partial charge in [0.1, 0.15) is 0 Å². The van der Waals surface area contributed by atoms with E-state index in [0.29, 0.717) is 12.5 Å². The number of carbonyl (C=O) groups excluding carboxylic acids is 1. The van der Waals surface area contributed by atoms with Crippen LogP contribution in [0.4, 0.5) is 5.69 Å². The van der Waals surface area contributed by atoms with E-state index in [0.717, 1.165) is 26.1 Å². The summed E-state index contributed by atoms with van der Waals surface area (Å²) in [7, 11) is 1.74. The minimum atomic E-state index is 0.0946. The van der Waals surface area contributed by atoms with Crippen LogP contribution in [0.25, 0.3) is 0 Å². The van der Waals surface area contributed by atoms with Gasteiger partial charge in [0.05, 0.1) is 12.6 Å². The van der Waals surface area contributed by atoms with E-state index >= 15 is 0 Å². The lowest BCUT2D eigenvalue weighted by atomic mass is 10.1. The normalized spacial score (nSPS) is 17.6. The Kier molecular flexibility index (Phi) is 6.57. The SMILES string of the molecule is CN=C(NCC(=O)N1CCc2sccc2C1)NC(C)c1cccc(N2CCCC2)c1. The van der Waals surface area contributed by atoms with Crippen molar-refractivity contribution in [2.45, 2.75) is 38.8 Å². The van der Waals surface area contributed by atoms with Crippen molar-refractivity contribution >= 4 is 28.9 Å². The highest BCUT2D eigenvalue weighted by atomic mass is 32.1. The number of amides is 1. The lowest BCUT2D eigenvalue weighted by Gasteiger charge is -2.27. The molecule has 0 spiro atoms. The smallest absolute Gasteiger partial charge is 0.242 e. The molecule has 0 bridgehead atoms. The molecule has 160 valence electrons. The van der Waals surface area contributed by atoms with E-state index in [2.05, 4.69) is 63.2 Å². The highest BCUT2D eigenvalue weighted by molar-refractivity contribution is 7.10. The first-order chi connectivity index (χ1) is 14.6. The van der Waals surface area contributed by atoms with E-state index in [9.17, 15) is 4.79 Å². The number of hydrogen-bond acceptors (Lipinski definition) is 4. The Balaban J connectivity index is 1.30. The van der Waals surface area contributed by atoms with E-state index in [1.165, 1.54) is 34.5 Å². The molecule has 1 unspecified atom stereocenters. The number of aliphatic imine (C=N–C) groups is 1. The number of rotatable bonds is 5. The Morgan fingerprint density at radius 3 is 2.87 bits per heavy atom. The van der Waals surface area contributed by atoms with E-state index in [1.54, 1.807) is 18.4 Å². The third-order valence-corrected chi connectivity index (χ3v) is 7.01. The van der Waals surface area contributed by atoms with Gasteiger partial charge in [-0.1, -0.05) is 12.1 Å². The molecule has 1 saturated heterocycles. The molecule has 2 aromatic rings. The minimum Gasteiger partial charge on any atom is -0.372 e. The molecule has 1 atom stereocenters. The van der Waals surface area contributed by atoms with Gasteiger partial charge in [-0.2, -0.15) is 0 Å². The average Bonchev–Trinajstić information content (AvgIpc) is 3.48. The van der Waals surface area contributed by atoms with Gasteiger partial charge in [0.15, 0.2) is 5.96 Å². The molecule has 2 aliphatic rings. The quantitative estimate of drug-likeness (QED) is 0.571. The predicted octanol–water partition coefficient (Wildman–Crippen LogP) is 3.16. The number of thiophene rings is 1. The number of anilines is 1. The van der Waals surface area contributed by atoms with E-state index < -0.39 is 0 Å². The zero-order valence-corrected chi connectivity index (χ0v) is 18.7. The average molecular weight is 426 g/mol. The topological polar surface area (TPSA) is 60.0 Å². The zero-order valence-electron chi connectivity index (χ0n) is 17.9. The van der Waals surface area contributed by atoms with Crippen LogP contribution in [-0.4, -0.2) is 50.0 Å². The molecule has 6 nitrogen and oxygen atoms in total. The maximum absolute atomic E-state index is 12.7. The third kappa shape index (κ3) is 4.78. The van der Waals surface area contributed by atoms with Crippen LogP contribution < -0.4 is 15.5 Å². The van der Waals surface area contributed by atoms with Crippen molar-refractivity contribution in [3.05, 3.63) is 51.7 Å². The molecule has 0 aliphatic carbocycles. The van der Waals surface area contributed by atoms with Crippen LogP contribution in [0.1, 0.15) is 41.8 Å². The van der Waals surface area contributed by atoms with Crippen molar-refractivity contribution in [1.82, 2.24) is 15.5 Å². The highest BCUT2D eigenvalue weighted by Gasteiger charge is 2.21. The van der Waals surface area contributed by atoms with Crippen LogP contribution in [0, 0.1) is 0 Å². The summed E-state index contributed by atoms with van der Waals surface area (Å²) < 4.78 is 0. The molecule has 4 rings (SSSR count). The number of nitrogens with one attached hydrogen (secondary N) is 2. The van der Waals surface area contributed by atoms with E-state index in [1.807, 2.05) is 4.90 Å². The van der Waals surface area contributed by atoms with E-state index in [-0.39, 0.29) is 18.5 Å². The summed E-state index contributed by atoms with van der Waals surface area (Å²) in [5.41, 5.74) is 3.79. The second-order valence-corrected chi connectivity index (χ2v) is 9.02. The molecular formula is C23H31N5OS. The molecule has 1 amide bonds. The molecule has 0 saturated carbocycles. The summed E-state index contributed by atoms with van der Waals surface area (Å²) >= 11 is 1.79. The van der Waals surface area contributed by atoms with Gasteiger partial charge in [-0.25, -0.2) is 0 Å². The van der Waals surface area contributed by atoms with Crippen molar-refractivity contribution < 1.29 is 4.79 Å². The summed E-state index contributed by atoms with van der Waals surface area (Å²) in [5.74, 6) is 0.758. The molecule has 0 radical (unpaired) electrons. The number of guanidine groups is 1. The van der Waals surface area contributed by atoms with Crippen LogP contribution in [0.2, 0.25) is 0 Å². The van der Waals surface area contributed by atoms with Gasteiger partial charge >= 0.3 is 0 Å². The van der Waals surface area contributed by atoms with Crippen molar-refractivity contribution in [2.75, 3.05) is 38.1 Å². The van der Waals surface area contributed by atoms with Gasteiger partial charge in [-0.05, 0) is 60.9 Å². The first kappa shape index (κ1) is 20.7. The number of carbonyl (C=O) groups is 1. The van der Waals surface area contributed by atoms with Gasteiger partial charge in [0.25, 0.3) is 0 Å². The fourth-order valence-corrected chi connectivity index (χ4v) is 5.07. The maximum Gasteiger partial charge on any atom is 0.242 e. The Labute approximate surface area is 183 Å². The van der Waals surface area contributed by atoms with Crippen LogP contribution in [0.5, 0.6) is 0 Å². The summed E-state index contributed by atoms with van der Waals surface area (Å²) in [6, 6.07) is 10.9. The van der Waals surface area contributed by atoms with Gasteiger partial charge in [0, 0.05) is 43.8 Å². The van der Waals surface area contributed by atoms with Crippen LogP contribution in [0.15, 0.2) is 40.7 Å². The van der Waals surface area contributed by atoms with Crippen LogP contribution in [-0.2, 0) is 17.8 Å². The molecule has 7 heteroatoms. The fourth-order valence-electron chi connectivity index (χ4n) is 4.18. The largest absolute Gasteiger partial charge is 0.372 e. The first-order valence-corrected chi connectivity index (χ1v) is 11.7. The molecule has 1 aromatic carbocycles. The van der Waals surface area contributed by atoms with Crippen molar-refractivity contribution in [3.63, 3.8) is 0 Å². The Morgan fingerprint density at radius 2 is 2.07 bits per heavy atom. The standard InChI is InChI=1S/C23H31N5OS/c1-17(18-6-5-7-20(14-18)27-10-3-4-11-27)26-23(24-2)25-15-22(29)28-12-8-21-19(16-28)9-13-30-21/h5-7,9,13-14,17H,3-4,8,10-12,15-16H2,1-2H3,(H2,24,25,26). The first-order valence-electron chi connectivity index (χ1n) is 10.8. The van der Waals surface area contributed by atoms with Crippen molar-refractivity contribution in [2.24, 2.45) is 4.99 Å². The van der Waals surface area contributed by atoms with Gasteiger partial charge < -0.3 is 20.4 Å². The number of benzene rings is 1.